The Hall–Kier alpha value is -3.36. The Morgan fingerprint density at radius 3 is 2.34 bits per heavy atom. The summed E-state index contributed by atoms with van der Waals surface area (Å²) in [6.07, 6.45) is 1.89. The fourth-order valence-electron chi connectivity index (χ4n) is 4.08. The van der Waals surface area contributed by atoms with E-state index in [2.05, 4.69) is 22.0 Å². The van der Waals surface area contributed by atoms with Gasteiger partial charge in [-0.1, -0.05) is 27.2 Å². The molecule has 1 saturated heterocycles. The van der Waals surface area contributed by atoms with Gasteiger partial charge in [0.2, 0.25) is 11.8 Å². The van der Waals surface area contributed by atoms with Gasteiger partial charge in [-0.05, 0) is 30.7 Å². The monoisotopic (exact) mass is 483 g/mol. The van der Waals surface area contributed by atoms with Crippen molar-refractivity contribution < 1.29 is 19.1 Å². The molecule has 2 amide bonds. The lowest BCUT2D eigenvalue weighted by atomic mass is 10.1. The maximum Gasteiger partial charge on any atom is 0.242 e. The predicted molar refractivity (Wildman–Crippen MR) is 136 cm³/mol. The second-order valence-electron chi connectivity index (χ2n) is 8.98. The number of unbranched alkanes of at least 4 members (excludes halogenated alkanes) is 1. The molecule has 9 nitrogen and oxygen atoms in total. The summed E-state index contributed by atoms with van der Waals surface area (Å²) in [6.45, 7) is 9.12. The molecule has 3 rings (SSSR count). The van der Waals surface area contributed by atoms with Crippen LogP contribution in [0.4, 0.5) is 5.82 Å². The zero-order chi connectivity index (χ0) is 25.4. The lowest BCUT2D eigenvalue weighted by molar-refractivity contribution is -0.142. The van der Waals surface area contributed by atoms with Crippen LogP contribution < -0.4 is 14.4 Å². The molecular weight excluding hydrogens is 446 g/mol. The highest BCUT2D eigenvalue weighted by atomic mass is 16.5. The van der Waals surface area contributed by atoms with E-state index in [9.17, 15) is 9.59 Å². The summed E-state index contributed by atoms with van der Waals surface area (Å²) in [4.78, 5) is 31.1. The van der Waals surface area contributed by atoms with Crippen molar-refractivity contribution in [2.45, 2.75) is 33.6 Å². The van der Waals surface area contributed by atoms with E-state index >= 15 is 0 Å². The van der Waals surface area contributed by atoms with Gasteiger partial charge in [0.1, 0.15) is 11.5 Å². The van der Waals surface area contributed by atoms with Gasteiger partial charge in [-0.15, -0.1) is 10.2 Å². The average molecular weight is 484 g/mol. The van der Waals surface area contributed by atoms with Gasteiger partial charge in [0.25, 0.3) is 0 Å². The van der Waals surface area contributed by atoms with E-state index < -0.39 is 0 Å². The third-order valence-corrected chi connectivity index (χ3v) is 6.20. The maximum absolute atomic E-state index is 12.9. The molecule has 2 heterocycles. The van der Waals surface area contributed by atoms with E-state index in [1.54, 1.807) is 19.1 Å². The van der Waals surface area contributed by atoms with Crippen molar-refractivity contribution in [3.63, 3.8) is 0 Å². The molecule has 1 aromatic heterocycles. The van der Waals surface area contributed by atoms with Crippen LogP contribution >= 0.6 is 0 Å². The van der Waals surface area contributed by atoms with E-state index in [-0.39, 0.29) is 24.3 Å². The van der Waals surface area contributed by atoms with Crippen LogP contribution in [0.5, 0.6) is 11.5 Å². The molecule has 0 radical (unpaired) electrons. The minimum absolute atomic E-state index is 0.00258. The summed E-state index contributed by atoms with van der Waals surface area (Å²) >= 11 is 0. The summed E-state index contributed by atoms with van der Waals surface area (Å²) in [5.74, 6) is 2.08. The van der Waals surface area contributed by atoms with E-state index in [0.29, 0.717) is 49.9 Å². The number of carbonyl (C=O) groups is 2. The molecule has 1 aliphatic heterocycles. The molecule has 0 unspecified atom stereocenters. The van der Waals surface area contributed by atoms with Gasteiger partial charge < -0.3 is 24.2 Å². The molecular formula is C26H37N5O4. The largest absolute Gasteiger partial charge is 0.497 e. The second kappa shape index (κ2) is 12.4. The summed E-state index contributed by atoms with van der Waals surface area (Å²) in [7, 11) is 3.23. The number of piperazine rings is 1. The Morgan fingerprint density at radius 1 is 1.03 bits per heavy atom. The highest BCUT2D eigenvalue weighted by Crippen LogP contribution is 2.32. The first-order chi connectivity index (χ1) is 16.9. The zero-order valence-electron chi connectivity index (χ0n) is 21.5. The highest BCUT2D eigenvalue weighted by Gasteiger charge is 2.26. The molecule has 1 aliphatic rings. The second-order valence-corrected chi connectivity index (χ2v) is 8.98. The van der Waals surface area contributed by atoms with Crippen LogP contribution in [-0.2, 0) is 9.59 Å². The van der Waals surface area contributed by atoms with Crippen LogP contribution in [0.15, 0.2) is 30.3 Å². The smallest absolute Gasteiger partial charge is 0.242 e. The molecule has 1 fully saturated rings. The van der Waals surface area contributed by atoms with Crippen molar-refractivity contribution in [2.24, 2.45) is 5.92 Å². The number of ether oxygens (including phenoxy) is 2. The van der Waals surface area contributed by atoms with Gasteiger partial charge in [-0.3, -0.25) is 9.59 Å². The Bertz CT molecular complexity index is 988. The quantitative estimate of drug-likeness (QED) is 0.513. The minimum Gasteiger partial charge on any atom is -0.497 e. The molecule has 35 heavy (non-hydrogen) atoms. The number of amides is 2. The van der Waals surface area contributed by atoms with Crippen LogP contribution in [-0.4, -0.2) is 85.3 Å². The summed E-state index contributed by atoms with van der Waals surface area (Å²) in [5.41, 5.74) is 1.55. The number of hydrogen-bond acceptors (Lipinski definition) is 7. The first-order valence-electron chi connectivity index (χ1n) is 12.3. The highest BCUT2D eigenvalue weighted by molar-refractivity contribution is 5.85. The van der Waals surface area contributed by atoms with E-state index in [4.69, 9.17) is 9.47 Å². The Labute approximate surface area is 208 Å². The Morgan fingerprint density at radius 2 is 1.77 bits per heavy atom. The van der Waals surface area contributed by atoms with Crippen LogP contribution in [0.1, 0.15) is 33.6 Å². The number of benzene rings is 1. The molecule has 0 aliphatic carbocycles. The van der Waals surface area contributed by atoms with Crippen LogP contribution in [0.2, 0.25) is 0 Å². The van der Waals surface area contributed by atoms with Crippen LogP contribution in [0.3, 0.4) is 0 Å². The minimum atomic E-state index is -0.115. The molecule has 0 saturated carbocycles. The molecule has 0 bridgehead atoms. The van der Waals surface area contributed by atoms with Gasteiger partial charge in [-0.25, -0.2) is 0 Å². The number of aromatic nitrogens is 2. The van der Waals surface area contributed by atoms with E-state index in [1.807, 2.05) is 49.1 Å². The number of nitrogens with zero attached hydrogens (tertiary/aromatic N) is 5. The van der Waals surface area contributed by atoms with Crippen molar-refractivity contribution in [1.82, 2.24) is 20.0 Å². The predicted octanol–water partition coefficient (Wildman–Crippen LogP) is 3.09. The van der Waals surface area contributed by atoms with Gasteiger partial charge in [-0.2, -0.15) is 0 Å². The molecule has 0 atom stereocenters. The number of methoxy groups -OCH3 is 2. The molecule has 0 N–H and O–H groups in total. The molecule has 1 aromatic carbocycles. The molecule has 0 spiro atoms. The van der Waals surface area contributed by atoms with E-state index in [0.717, 1.165) is 24.2 Å². The fraction of sp³-hybridized carbons (Fsp3) is 0.538. The molecule has 9 heteroatoms. The summed E-state index contributed by atoms with van der Waals surface area (Å²) in [6, 6.07) is 9.45. The van der Waals surface area contributed by atoms with Crippen molar-refractivity contribution in [1.29, 1.82) is 0 Å². The van der Waals surface area contributed by atoms with Gasteiger partial charge >= 0.3 is 0 Å². The maximum atomic E-state index is 12.9. The standard InChI is InChI=1S/C26H37N5O4/c1-6-7-12-31(26(33)19(2)3)18-25(32)30-15-13-29(14-16-30)24-11-10-22(27-28-24)21-9-8-20(34-4)17-23(21)35-5/h8-11,17,19H,6-7,12-16,18H2,1-5H3. The van der Waals surface area contributed by atoms with Crippen LogP contribution in [0.25, 0.3) is 11.3 Å². The van der Waals surface area contributed by atoms with Crippen LogP contribution in [0, 0.1) is 5.92 Å². The SMILES string of the molecule is CCCCN(CC(=O)N1CCN(c2ccc(-c3ccc(OC)cc3OC)nn2)CC1)C(=O)C(C)C. The first kappa shape index (κ1) is 26.2. The summed E-state index contributed by atoms with van der Waals surface area (Å²) in [5, 5.41) is 8.83. The van der Waals surface area contributed by atoms with Crippen molar-refractivity contribution in [3.8, 4) is 22.8 Å². The number of carbonyl (C=O) groups excluding carboxylic acids is 2. The first-order valence-corrected chi connectivity index (χ1v) is 12.3. The average Bonchev–Trinajstić information content (AvgIpc) is 2.90. The third-order valence-electron chi connectivity index (χ3n) is 6.20. The lowest BCUT2D eigenvalue weighted by Gasteiger charge is -2.36. The van der Waals surface area contributed by atoms with Gasteiger partial charge in [0, 0.05) is 50.3 Å². The number of hydrogen-bond donors (Lipinski definition) is 0. The topological polar surface area (TPSA) is 88.1 Å². The Balaban J connectivity index is 1.59. The van der Waals surface area contributed by atoms with Gasteiger partial charge in [0.05, 0.1) is 26.5 Å². The summed E-state index contributed by atoms with van der Waals surface area (Å²) < 4.78 is 10.7. The number of anilines is 1. The molecule has 190 valence electrons. The molecule has 2 aromatic rings. The zero-order valence-corrected chi connectivity index (χ0v) is 21.5. The lowest BCUT2D eigenvalue weighted by Crippen LogP contribution is -2.52. The van der Waals surface area contributed by atoms with Crippen molar-refractivity contribution >= 4 is 17.6 Å². The number of rotatable bonds is 10. The van der Waals surface area contributed by atoms with Gasteiger partial charge in [0.15, 0.2) is 5.82 Å². The fourth-order valence-corrected chi connectivity index (χ4v) is 4.08. The Kier molecular flexibility index (Phi) is 9.28. The van der Waals surface area contributed by atoms with Crippen molar-refractivity contribution in [2.75, 3.05) is 58.4 Å². The third kappa shape index (κ3) is 6.61. The van der Waals surface area contributed by atoms with E-state index in [1.165, 1.54) is 0 Å². The van der Waals surface area contributed by atoms with Crippen molar-refractivity contribution in [3.05, 3.63) is 30.3 Å². The normalized spacial score (nSPS) is 13.7.